The van der Waals surface area contributed by atoms with E-state index in [1.54, 1.807) is 26.1 Å². The Kier molecular flexibility index (Phi) is 5.82. The van der Waals surface area contributed by atoms with E-state index in [0.29, 0.717) is 23.6 Å². The summed E-state index contributed by atoms with van der Waals surface area (Å²) in [5.74, 6) is 0.892. The van der Waals surface area contributed by atoms with Gasteiger partial charge in [0.2, 0.25) is 0 Å². The van der Waals surface area contributed by atoms with Crippen molar-refractivity contribution in [3.8, 4) is 5.75 Å². The molecular formula is C21H24N2O5. The third-order valence-corrected chi connectivity index (χ3v) is 4.58. The molecule has 7 nitrogen and oxygen atoms in total. The maximum absolute atomic E-state index is 12.6. The van der Waals surface area contributed by atoms with Gasteiger partial charge in [-0.3, -0.25) is 4.79 Å². The second kappa shape index (κ2) is 8.29. The lowest BCUT2D eigenvalue weighted by Crippen LogP contribution is -2.37. The van der Waals surface area contributed by atoms with Gasteiger partial charge in [0, 0.05) is 30.6 Å². The van der Waals surface area contributed by atoms with Crippen LogP contribution in [0.25, 0.3) is 11.0 Å². The van der Waals surface area contributed by atoms with E-state index in [2.05, 4.69) is 5.16 Å². The number of aryl methyl sites for hydroxylation is 2. The number of amides is 1. The van der Waals surface area contributed by atoms with Crippen molar-refractivity contribution in [3.05, 3.63) is 57.8 Å². The molecule has 0 aliphatic carbocycles. The van der Waals surface area contributed by atoms with Crippen LogP contribution >= 0.6 is 0 Å². The van der Waals surface area contributed by atoms with Crippen molar-refractivity contribution >= 4 is 16.9 Å². The third-order valence-electron chi connectivity index (χ3n) is 4.58. The molecule has 0 N–H and O–H groups in total. The molecule has 0 bridgehead atoms. The molecule has 0 aliphatic rings. The Hall–Kier alpha value is -3.09. The highest BCUT2D eigenvalue weighted by Gasteiger charge is 2.21. The molecule has 148 valence electrons. The minimum Gasteiger partial charge on any atom is -0.481 e. The maximum Gasteiger partial charge on any atom is 0.336 e. The standard InChI is InChI=1S/C21H24N2O5/c1-5-14-9-20(24)27-19-11-16(7-8-18(14)19)26-13(3)21(25)23(4)12-17-10-15(6-2)22-28-17/h7-11,13H,5-6,12H2,1-4H3. The Morgan fingerprint density at radius 1 is 1.21 bits per heavy atom. The van der Waals surface area contributed by atoms with Crippen LogP contribution in [0.1, 0.15) is 37.8 Å². The molecule has 0 aliphatic heterocycles. The first-order chi connectivity index (χ1) is 13.4. The summed E-state index contributed by atoms with van der Waals surface area (Å²) in [5.41, 5.74) is 1.82. The molecule has 0 radical (unpaired) electrons. The number of likely N-dealkylation sites (N-methyl/N-ethyl adjacent to an activating group) is 1. The number of benzene rings is 1. The van der Waals surface area contributed by atoms with Gasteiger partial charge in [0.15, 0.2) is 11.9 Å². The fourth-order valence-electron chi connectivity index (χ4n) is 3.05. The normalized spacial score (nSPS) is 12.1. The number of hydrogen-bond acceptors (Lipinski definition) is 6. The molecule has 0 spiro atoms. The number of carbonyl (C=O) groups excluding carboxylic acids is 1. The lowest BCUT2D eigenvalue weighted by molar-refractivity contribution is -0.137. The summed E-state index contributed by atoms with van der Waals surface area (Å²) < 4.78 is 16.3. The van der Waals surface area contributed by atoms with Crippen molar-refractivity contribution in [1.82, 2.24) is 10.1 Å². The van der Waals surface area contributed by atoms with Gasteiger partial charge < -0.3 is 18.6 Å². The second-order valence-corrected chi connectivity index (χ2v) is 6.69. The average molecular weight is 384 g/mol. The monoisotopic (exact) mass is 384 g/mol. The number of aromatic nitrogens is 1. The Balaban J connectivity index is 1.71. The van der Waals surface area contributed by atoms with Crippen LogP contribution in [0.15, 0.2) is 44.1 Å². The largest absolute Gasteiger partial charge is 0.481 e. The number of rotatable bonds is 7. The zero-order chi connectivity index (χ0) is 20.3. The highest BCUT2D eigenvalue weighted by atomic mass is 16.5. The Labute approximate surface area is 162 Å². The summed E-state index contributed by atoms with van der Waals surface area (Å²) in [7, 11) is 1.68. The highest BCUT2D eigenvalue weighted by Crippen LogP contribution is 2.24. The van der Waals surface area contributed by atoms with Gasteiger partial charge in [-0.15, -0.1) is 0 Å². The van der Waals surface area contributed by atoms with Gasteiger partial charge in [0.1, 0.15) is 11.3 Å². The van der Waals surface area contributed by atoms with E-state index in [4.69, 9.17) is 13.7 Å². The van der Waals surface area contributed by atoms with E-state index >= 15 is 0 Å². The van der Waals surface area contributed by atoms with Gasteiger partial charge in [0.05, 0.1) is 12.2 Å². The van der Waals surface area contributed by atoms with Crippen LogP contribution in [0.3, 0.4) is 0 Å². The number of hydrogen-bond donors (Lipinski definition) is 0. The van der Waals surface area contributed by atoms with E-state index in [9.17, 15) is 9.59 Å². The van der Waals surface area contributed by atoms with Crippen molar-refractivity contribution in [2.24, 2.45) is 0 Å². The molecule has 1 aromatic carbocycles. The van der Waals surface area contributed by atoms with E-state index in [1.165, 1.54) is 11.0 Å². The van der Waals surface area contributed by atoms with Gasteiger partial charge in [-0.2, -0.15) is 0 Å². The van der Waals surface area contributed by atoms with Crippen LogP contribution in [0.5, 0.6) is 5.75 Å². The average Bonchev–Trinajstić information content (AvgIpc) is 3.13. The van der Waals surface area contributed by atoms with Crippen molar-refractivity contribution in [3.63, 3.8) is 0 Å². The van der Waals surface area contributed by atoms with Crippen LogP contribution < -0.4 is 10.4 Å². The smallest absolute Gasteiger partial charge is 0.336 e. The molecule has 1 amide bonds. The Morgan fingerprint density at radius 2 is 2.00 bits per heavy atom. The van der Waals surface area contributed by atoms with Gasteiger partial charge >= 0.3 is 5.63 Å². The van der Waals surface area contributed by atoms with Crippen LogP contribution in [-0.4, -0.2) is 29.1 Å². The molecule has 1 atom stereocenters. The molecule has 1 unspecified atom stereocenters. The van der Waals surface area contributed by atoms with Gasteiger partial charge in [-0.05, 0) is 37.5 Å². The molecule has 28 heavy (non-hydrogen) atoms. The molecule has 0 saturated heterocycles. The van der Waals surface area contributed by atoms with Crippen molar-refractivity contribution in [1.29, 1.82) is 0 Å². The van der Waals surface area contributed by atoms with Gasteiger partial charge in [-0.25, -0.2) is 4.79 Å². The molecular weight excluding hydrogens is 360 g/mol. The SMILES string of the molecule is CCc1cc(CN(C)C(=O)C(C)Oc2ccc3c(CC)cc(=O)oc3c2)on1. The second-order valence-electron chi connectivity index (χ2n) is 6.69. The summed E-state index contributed by atoms with van der Waals surface area (Å²) >= 11 is 0. The lowest BCUT2D eigenvalue weighted by atomic mass is 10.1. The molecule has 2 aromatic heterocycles. The molecule has 0 saturated carbocycles. The zero-order valence-corrected chi connectivity index (χ0v) is 16.5. The Bertz CT molecular complexity index is 1040. The predicted molar refractivity (Wildman–Crippen MR) is 104 cm³/mol. The summed E-state index contributed by atoms with van der Waals surface area (Å²) in [6, 6.07) is 8.59. The fourth-order valence-corrected chi connectivity index (χ4v) is 3.05. The molecule has 3 aromatic rings. The van der Waals surface area contributed by atoms with Crippen molar-refractivity contribution < 1.29 is 18.5 Å². The topological polar surface area (TPSA) is 85.8 Å². The minimum atomic E-state index is -0.711. The minimum absolute atomic E-state index is 0.196. The number of nitrogens with zero attached hydrogens (tertiary/aromatic N) is 2. The number of ether oxygens (including phenoxy) is 1. The van der Waals surface area contributed by atoms with Gasteiger partial charge in [-0.1, -0.05) is 19.0 Å². The molecule has 3 rings (SSSR count). The van der Waals surface area contributed by atoms with E-state index in [-0.39, 0.29) is 5.91 Å². The van der Waals surface area contributed by atoms with Crippen LogP contribution in [0.4, 0.5) is 0 Å². The first-order valence-corrected chi connectivity index (χ1v) is 9.34. The van der Waals surface area contributed by atoms with Crippen molar-refractivity contribution in [2.75, 3.05) is 7.05 Å². The van der Waals surface area contributed by atoms with Crippen LogP contribution in [0.2, 0.25) is 0 Å². The summed E-state index contributed by atoms with van der Waals surface area (Å²) in [6.45, 7) is 5.96. The first-order valence-electron chi connectivity index (χ1n) is 9.34. The van der Waals surface area contributed by atoms with E-state index < -0.39 is 11.7 Å². The zero-order valence-electron chi connectivity index (χ0n) is 16.5. The van der Waals surface area contributed by atoms with E-state index in [0.717, 1.165) is 29.5 Å². The molecule has 0 fully saturated rings. The lowest BCUT2D eigenvalue weighted by Gasteiger charge is -2.21. The maximum atomic E-state index is 12.6. The Morgan fingerprint density at radius 3 is 2.68 bits per heavy atom. The van der Waals surface area contributed by atoms with Crippen LogP contribution in [-0.2, 0) is 24.2 Å². The molecule has 7 heteroatoms. The first kappa shape index (κ1) is 19.7. The fraction of sp³-hybridized carbons (Fsp3) is 0.381. The number of carbonyl (C=O) groups is 1. The highest BCUT2D eigenvalue weighted by molar-refractivity contribution is 5.82. The van der Waals surface area contributed by atoms with Crippen molar-refractivity contribution in [2.45, 2.75) is 46.3 Å². The molecule has 2 heterocycles. The van der Waals surface area contributed by atoms with Crippen LogP contribution in [0, 0.1) is 0 Å². The third kappa shape index (κ3) is 4.24. The quantitative estimate of drug-likeness (QED) is 0.581. The van der Waals surface area contributed by atoms with E-state index in [1.807, 2.05) is 26.0 Å². The summed E-state index contributed by atoms with van der Waals surface area (Å²) in [6.07, 6.45) is 0.791. The summed E-state index contributed by atoms with van der Waals surface area (Å²) in [4.78, 5) is 25.8. The number of fused-ring (bicyclic) bond motifs is 1. The predicted octanol–water partition coefficient (Wildman–Crippen LogP) is 3.33. The van der Waals surface area contributed by atoms with Gasteiger partial charge in [0.25, 0.3) is 5.91 Å². The summed E-state index contributed by atoms with van der Waals surface area (Å²) in [5, 5.41) is 4.79.